The fourth-order valence-electron chi connectivity index (χ4n) is 3.61. The lowest BCUT2D eigenvalue weighted by molar-refractivity contribution is 0.480. The third-order valence-corrected chi connectivity index (χ3v) is 5.74. The van der Waals surface area contributed by atoms with E-state index < -0.39 is 0 Å². The molecule has 2 aliphatic rings. The summed E-state index contributed by atoms with van der Waals surface area (Å²) in [5.41, 5.74) is 1.20. The fourth-order valence-corrected chi connectivity index (χ4v) is 4.48. The minimum Gasteiger partial charge on any atom is -0.122 e. The number of fused-ring (bicyclic) bond motifs is 1. The van der Waals surface area contributed by atoms with Gasteiger partial charge in [-0.3, -0.25) is 0 Å². The summed E-state index contributed by atoms with van der Waals surface area (Å²) in [5.74, 6) is 2.55. The van der Waals surface area contributed by atoms with Crippen molar-refractivity contribution in [2.45, 2.75) is 37.5 Å². The molecule has 3 atom stereocenters. The Morgan fingerprint density at radius 1 is 1.06 bits per heavy atom. The van der Waals surface area contributed by atoms with Crippen molar-refractivity contribution < 1.29 is 0 Å². The average Bonchev–Trinajstić information content (AvgIpc) is 3.08. The Labute approximate surface area is 124 Å². The SMILES string of the molecule is Clc1ccc(CC(Cl)C2C3CCCCC32)cc1Cl. The topological polar surface area (TPSA) is 0 Å². The molecule has 0 N–H and O–H groups in total. The first kappa shape index (κ1) is 13.1. The molecule has 0 amide bonds. The number of benzene rings is 1. The maximum Gasteiger partial charge on any atom is 0.0595 e. The first-order valence-corrected chi connectivity index (χ1v) is 7.94. The number of halogens is 3. The Kier molecular flexibility index (Phi) is 3.80. The maximum absolute atomic E-state index is 6.60. The van der Waals surface area contributed by atoms with E-state index in [9.17, 15) is 0 Å². The molecular weight excluding hydrogens is 287 g/mol. The van der Waals surface area contributed by atoms with Gasteiger partial charge in [-0.25, -0.2) is 0 Å². The molecule has 3 rings (SSSR count). The van der Waals surface area contributed by atoms with Gasteiger partial charge in [0.15, 0.2) is 0 Å². The summed E-state index contributed by atoms with van der Waals surface area (Å²) in [7, 11) is 0. The van der Waals surface area contributed by atoms with Crippen LogP contribution < -0.4 is 0 Å². The van der Waals surface area contributed by atoms with E-state index in [1.807, 2.05) is 18.2 Å². The van der Waals surface area contributed by atoms with Gasteiger partial charge in [-0.1, -0.05) is 42.1 Å². The molecule has 1 aromatic rings. The molecule has 0 aliphatic heterocycles. The molecule has 0 radical (unpaired) electrons. The highest BCUT2D eigenvalue weighted by atomic mass is 35.5. The second-order valence-corrected chi connectivity index (χ2v) is 7.03. The third kappa shape index (κ3) is 2.53. The quantitative estimate of drug-likeness (QED) is 0.639. The summed E-state index contributed by atoms with van der Waals surface area (Å²) in [6, 6.07) is 5.85. The second-order valence-electron chi connectivity index (χ2n) is 5.66. The molecule has 0 heterocycles. The minimum absolute atomic E-state index is 0.260. The van der Waals surface area contributed by atoms with Gasteiger partial charge in [-0.05, 0) is 54.7 Å². The summed E-state index contributed by atoms with van der Waals surface area (Å²) < 4.78 is 0. The molecule has 3 heteroatoms. The molecule has 1 aromatic carbocycles. The summed E-state index contributed by atoms with van der Waals surface area (Å²) >= 11 is 18.6. The predicted molar refractivity (Wildman–Crippen MR) is 78.7 cm³/mol. The van der Waals surface area contributed by atoms with Crippen LogP contribution in [0.4, 0.5) is 0 Å². The van der Waals surface area contributed by atoms with E-state index in [2.05, 4.69) is 0 Å². The number of rotatable bonds is 3. The van der Waals surface area contributed by atoms with Crippen molar-refractivity contribution >= 4 is 34.8 Å². The van der Waals surface area contributed by atoms with Crippen LogP contribution in [0.5, 0.6) is 0 Å². The first-order valence-electron chi connectivity index (χ1n) is 6.75. The molecule has 0 nitrogen and oxygen atoms in total. The maximum atomic E-state index is 6.60. The highest BCUT2D eigenvalue weighted by Gasteiger charge is 2.53. The van der Waals surface area contributed by atoms with E-state index in [0.29, 0.717) is 10.0 Å². The second kappa shape index (κ2) is 5.23. The van der Waals surface area contributed by atoms with Gasteiger partial charge >= 0.3 is 0 Å². The summed E-state index contributed by atoms with van der Waals surface area (Å²) in [4.78, 5) is 0. The van der Waals surface area contributed by atoms with Crippen LogP contribution in [0.1, 0.15) is 31.2 Å². The van der Waals surface area contributed by atoms with E-state index in [4.69, 9.17) is 34.8 Å². The van der Waals surface area contributed by atoms with Crippen molar-refractivity contribution in [1.82, 2.24) is 0 Å². The van der Waals surface area contributed by atoms with Gasteiger partial charge < -0.3 is 0 Å². The van der Waals surface area contributed by atoms with Gasteiger partial charge in [-0.15, -0.1) is 11.6 Å². The van der Waals surface area contributed by atoms with Gasteiger partial charge in [0.25, 0.3) is 0 Å². The number of alkyl halides is 1. The zero-order chi connectivity index (χ0) is 12.7. The number of hydrogen-bond donors (Lipinski definition) is 0. The fraction of sp³-hybridized carbons (Fsp3) is 0.600. The zero-order valence-corrected chi connectivity index (χ0v) is 12.5. The highest BCUT2D eigenvalue weighted by Crippen LogP contribution is 2.58. The van der Waals surface area contributed by atoms with Crippen molar-refractivity contribution in [3.8, 4) is 0 Å². The first-order chi connectivity index (χ1) is 8.66. The van der Waals surface area contributed by atoms with Crippen LogP contribution in [-0.4, -0.2) is 5.38 Å². The van der Waals surface area contributed by atoms with Crippen LogP contribution in [0.15, 0.2) is 18.2 Å². The summed E-state index contributed by atoms with van der Waals surface area (Å²) in [5, 5.41) is 1.51. The molecule has 98 valence electrons. The van der Waals surface area contributed by atoms with Crippen LogP contribution in [-0.2, 0) is 6.42 Å². The van der Waals surface area contributed by atoms with E-state index in [1.54, 1.807) is 0 Å². The molecule has 0 saturated heterocycles. The van der Waals surface area contributed by atoms with Crippen molar-refractivity contribution in [3.05, 3.63) is 33.8 Å². The van der Waals surface area contributed by atoms with E-state index in [1.165, 1.54) is 31.2 Å². The molecule has 2 fully saturated rings. The summed E-state index contributed by atoms with van der Waals surface area (Å²) in [6.07, 6.45) is 6.48. The molecule has 18 heavy (non-hydrogen) atoms. The molecule has 3 unspecified atom stereocenters. The molecular formula is C15H17Cl3. The predicted octanol–water partition coefficient (Wildman–Crippen LogP) is 5.58. The Hall–Kier alpha value is 0.0900. The standard InChI is InChI=1S/C15H17Cl3/c16-12-6-5-9(7-13(12)17)8-14(18)15-10-3-1-2-4-11(10)15/h5-7,10-11,14-15H,1-4,8H2. The minimum atomic E-state index is 0.260. The summed E-state index contributed by atoms with van der Waals surface area (Å²) in [6.45, 7) is 0. The lowest BCUT2D eigenvalue weighted by Gasteiger charge is -2.10. The van der Waals surface area contributed by atoms with Crippen LogP contribution in [0, 0.1) is 17.8 Å². The van der Waals surface area contributed by atoms with Crippen LogP contribution in [0.2, 0.25) is 10.0 Å². The van der Waals surface area contributed by atoms with Crippen LogP contribution in [0.3, 0.4) is 0 Å². The van der Waals surface area contributed by atoms with E-state index in [0.717, 1.165) is 24.2 Å². The molecule has 2 aliphatic carbocycles. The monoisotopic (exact) mass is 302 g/mol. The van der Waals surface area contributed by atoms with Crippen molar-refractivity contribution in [3.63, 3.8) is 0 Å². The Morgan fingerprint density at radius 3 is 2.33 bits per heavy atom. The van der Waals surface area contributed by atoms with Crippen LogP contribution in [0.25, 0.3) is 0 Å². The average molecular weight is 304 g/mol. The Bertz CT molecular complexity index is 431. The molecule has 0 spiro atoms. The van der Waals surface area contributed by atoms with Gasteiger partial charge in [0, 0.05) is 5.38 Å². The molecule has 0 aromatic heterocycles. The van der Waals surface area contributed by atoms with E-state index >= 15 is 0 Å². The van der Waals surface area contributed by atoms with Gasteiger partial charge in [-0.2, -0.15) is 0 Å². The van der Waals surface area contributed by atoms with Gasteiger partial charge in [0.05, 0.1) is 10.0 Å². The van der Waals surface area contributed by atoms with Crippen LogP contribution >= 0.6 is 34.8 Å². The van der Waals surface area contributed by atoms with Gasteiger partial charge in [0.1, 0.15) is 0 Å². The third-order valence-electron chi connectivity index (χ3n) is 4.56. The zero-order valence-electron chi connectivity index (χ0n) is 10.2. The molecule has 2 saturated carbocycles. The lowest BCUT2D eigenvalue weighted by atomic mass is 10.0. The van der Waals surface area contributed by atoms with Crippen molar-refractivity contribution in [2.75, 3.05) is 0 Å². The van der Waals surface area contributed by atoms with Crippen molar-refractivity contribution in [2.24, 2.45) is 17.8 Å². The largest absolute Gasteiger partial charge is 0.122 e. The smallest absolute Gasteiger partial charge is 0.0595 e. The highest BCUT2D eigenvalue weighted by molar-refractivity contribution is 6.42. The Morgan fingerprint density at radius 2 is 1.72 bits per heavy atom. The normalized spacial score (nSPS) is 31.8. The van der Waals surface area contributed by atoms with E-state index in [-0.39, 0.29) is 5.38 Å². The Balaban J connectivity index is 1.64. The lowest BCUT2D eigenvalue weighted by Crippen LogP contribution is -2.08. The van der Waals surface area contributed by atoms with Crippen molar-refractivity contribution in [1.29, 1.82) is 0 Å². The number of hydrogen-bond acceptors (Lipinski definition) is 0. The van der Waals surface area contributed by atoms with Gasteiger partial charge in [0.2, 0.25) is 0 Å². The molecule has 0 bridgehead atoms.